The predicted octanol–water partition coefficient (Wildman–Crippen LogP) is 1.92. The third-order valence-electron chi connectivity index (χ3n) is 2.40. The first kappa shape index (κ1) is 11.9. The highest BCUT2D eigenvalue weighted by Gasteiger charge is 2.06. The van der Waals surface area contributed by atoms with Gasteiger partial charge in [0.1, 0.15) is 11.6 Å². The lowest BCUT2D eigenvalue weighted by molar-refractivity contribution is 0.102. The molecule has 0 saturated carbocycles. The molecule has 0 unspecified atom stereocenters. The molecule has 18 heavy (non-hydrogen) atoms. The number of amides is 1. The fraction of sp³-hybridized carbons (Fsp3) is 0.0769. The third-order valence-corrected chi connectivity index (χ3v) is 2.40. The van der Waals surface area contributed by atoms with E-state index >= 15 is 0 Å². The van der Waals surface area contributed by atoms with Crippen LogP contribution in [0.3, 0.4) is 0 Å². The van der Waals surface area contributed by atoms with E-state index in [9.17, 15) is 4.79 Å². The van der Waals surface area contributed by atoms with Gasteiger partial charge in [-0.15, -0.1) is 0 Å². The summed E-state index contributed by atoms with van der Waals surface area (Å²) in [6.07, 6.45) is 1.44. The van der Waals surface area contributed by atoms with E-state index in [1.54, 1.807) is 43.5 Å². The number of nitrogens with zero attached hydrogens (tertiary/aromatic N) is 1. The van der Waals surface area contributed by atoms with Crippen LogP contribution in [0.25, 0.3) is 0 Å². The number of rotatable bonds is 3. The van der Waals surface area contributed by atoms with E-state index < -0.39 is 0 Å². The summed E-state index contributed by atoms with van der Waals surface area (Å²) < 4.78 is 5.04. The van der Waals surface area contributed by atoms with Gasteiger partial charge in [0.25, 0.3) is 5.91 Å². The van der Waals surface area contributed by atoms with Gasteiger partial charge in [0.05, 0.1) is 12.7 Å². The Morgan fingerprint density at radius 3 is 2.50 bits per heavy atom. The van der Waals surface area contributed by atoms with Crippen LogP contribution in [-0.4, -0.2) is 18.0 Å². The number of nitrogens with one attached hydrogen (secondary N) is 1. The van der Waals surface area contributed by atoms with E-state index in [0.717, 1.165) is 5.75 Å². The monoisotopic (exact) mass is 243 g/mol. The second-order valence-corrected chi connectivity index (χ2v) is 3.65. The fourth-order valence-corrected chi connectivity index (χ4v) is 1.42. The van der Waals surface area contributed by atoms with E-state index in [4.69, 9.17) is 10.5 Å². The molecular weight excluding hydrogens is 230 g/mol. The van der Waals surface area contributed by atoms with Crippen molar-refractivity contribution in [2.75, 3.05) is 18.2 Å². The molecule has 5 heteroatoms. The molecule has 0 aliphatic heterocycles. The lowest BCUT2D eigenvalue weighted by Crippen LogP contribution is -2.12. The Bertz CT molecular complexity index is 535. The molecule has 1 heterocycles. The molecule has 5 nitrogen and oxygen atoms in total. The van der Waals surface area contributed by atoms with Gasteiger partial charge in [0.15, 0.2) is 0 Å². The van der Waals surface area contributed by atoms with Crippen LogP contribution < -0.4 is 15.8 Å². The quantitative estimate of drug-likeness (QED) is 0.863. The van der Waals surface area contributed by atoms with Gasteiger partial charge in [0.2, 0.25) is 0 Å². The minimum absolute atomic E-state index is 0.229. The Kier molecular flexibility index (Phi) is 3.43. The van der Waals surface area contributed by atoms with Crippen LogP contribution in [0.4, 0.5) is 11.5 Å². The number of hydrogen-bond donors (Lipinski definition) is 2. The molecule has 0 aliphatic rings. The number of nitrogens with two attached hydrogens (primary N) is 1. The van der Waals surface area contributed by atoms with Crippen molar-refractivity contribution in [2.24, 2.45) is 0 Å². The zero-order chi connectivity index (χ0) is 13.0. The highest BCUT2D eigenvalue weighted by molar-refractivity contribution is 6.04. The summed E-state index contributed by atoms with van der Waals surface area (Å²) in [4.78, 5) is 15.7. The summed E-state index contributed by atoms with van der Waals surface area (Å²) in [7, 11) is 1.59. The van der Waals surface area contributed by atoms with Crippen molar-refractivity contribution in [3.63, 3.8) is 0 Å². The van der Waals surface area contributed by atoms with Crippen LogP contribution in [0.5, 0.6) is 5.75 Å². The zero-order valence-corrected chi connectivity index (χ0v) is 9.88. The van der Waals surface area contributed by atoms with Crippen LogP contribution >= 0.6 is 0 Å². The first-order chi connectivity index (χ1) is 8.69. The number of benzene rings is 1. The van der Waals surface area contributed by atoms with Crippen molar-refractivity contribution >= 4 is 17.4 Å². The highest BCUT2D eigenvalue weighted by Crippen LogP contribution is 2.15. The summed E-state index contributed by atoms with van der Waals surface area (Å²) in [6.45, 7) is 0. The van der Waals surface area contributed by atoms with Crippen LogP contribution in [0, 0.1) is 0 Å². The lowest BCUT2D eigenvalue weighted by Gasteiger charge is -2.06. The van der Waals surface area contributed by atoms with E-state index in [-0.39, 0.29) is 5.91 Å². The normalized spacial score (nSPS) is 9.83. The summed E-state index contributed by atoms with van der Waals surface area (Å²) in [6, 6.07) is 10.3. The Morgan fingerprint density at radius 2 is 1.94 bits per heavy atom. The zero-order valence-electron chi connectivity index (χ0n) is 9.88. The molecule has 0 bridgehead atoms. The van der Waals surface area contributed by atoms with Gasteiger partial charge in [-0.05, 0) is 36.4 Å². The minimum atomic E-state index is -0.229. The number of anilines is 2. The topological polar surface area (TPSA) is 77.2 Å². The van der Waals surface area contributed by atoms with E-state index in [1.165, 1.54) is 6.20 Å². The van der Waals surface area contributed by atoms with Crippen molar-refractivity contribution in [3.8, 4) is 5.75 Å². The second kappa shape index (κ2) is 5.18. The maximum Gasteiger partial charge on any atom is 0.257 e. The van der Waals surface area contributed by atoms with Crippen LogP contribution in [0.15, 0.2) is 42.6 Å². The number of ether oxygens (including phenoxy) is 1. The van der Waals surface area contributed by atoms with E-state index in [1.807, 2.05) is 0 Å². The first-order valence-corrected chi connectivity index (χ1v) is 5.36. The van der Waals surface area contributed by atoms with Crippen molar-refractivity contribution in [1.29, 1.82) is 0 Å². The molecule has 3 N–H and O–H groups in total. The fourth-order valence-electron chi connectivity index (χ4n) is 1.42. The molecule has 1 aromatic carbocycles. The summed E-state index contributed by atoms with van der Waals surface area (Å²) in [5, 5.41) is 2.75. The maximum atomic E-state index is 11.9. The molecule has 2 aromatic rings. The summed E-state index contributed by atoms with van der Waals surface area (Å²) in [5.74, 6) is 0.894. The van der Waals surface area contributed by atoms with Gasteiger partial charge >= 0.3 is 0 Å². The van der Waals surface area contributed by atoms with Crippen LogP contribution in [-0.2, 0) is 0 Å². The Morgan fingerprint density at radius 1 is 1.22 bits per heavy atom. The van der Waals surface area contributed by atoms with Crippen molar-refractivity contribution < 1.29 is 9.53 Å². The molecule has 1 aromatic heterocycles. The molecule has 0 radical (unpaired) electrons. The first-order valence-electron chi connectivity index (χ1n) is 5.36. The molecule has 0 spiro atoms. The number of nitrogen functional groups attached to an aromatic ring is 1. The number of aromatic nitrogens is 1. The average Bonchev–Trinajstić information content (AvgIpc) is 2.40. The number of pyridine rings is 1. The molecule has 0 fully saturated rings. The van der Waals surface area contributed by atoms with Gasteiger partial charge < -0.3 is 15.8 Å². The lowest BCUT2D eigenvalue weighted by atomic mass is 10.2. The number of carbonyl (C=O) groups excluding carboxylic acids is 1. The van der Waals surface area contributed by atoms with Crippen LogP contribution in [0.1, 0.15) is 10.4 Å². The molecule has 1 amide bonds. The number of methoxy groups -OCH3 is 1. The maximum absolute atomic E-state index is 11.9. The smallest absolute Gasteiger partial charge is 0.257 e. The molecule has 2 rings (SSSR count). The van der Waals surface area contributed by atoms with E-state index in [0.29, 0.717) is 17.1 Å². The summed E-state index contributed by atoms with van der Waals surface area (Å²) >= 11 is 0. The van der Waals surface area contributed by atoms with Gasteiger partial charge in [-0.25, -0.2) is 4.98 Å². The largest absolute Gasteiger partial charge is 0.497 e. The predicted molar refractivity (Wildman–Crippen MR) is 69.6 cm³/mol. The molecule has 92 valence electrons. The second-order valence-electron chi connectivity index (χ2n) is 3.65. The van der Waals surface area contributed by atoms with E-state index in [2.05, 4.69) is 10.3 Å². The number of carbonyl (C=O) groups is 1. The minimum Gasteiger partial charge on any atom is -0.497 e. The van der Waals surface area contributed by atoms with Gasteiger partial charge in [0, 0.05) is 11.9 Å². The van der Waals surface area contributed by atoms with Crippen molar-refractivity contribution in [2.45, 2.75) is 0 Å². The number of hydrogen-bond acceptors (Lipinski definition) is 4. The van der Waals surface area contributed by atoms with Gasteiger partial charge in [-0.1, -0.05) is 0 Å². The standard InChI is InChI=1S/C13H13N3O2/c1-18-11-5-3-10(4-6-11)16-13(17)9-2-7-12(14)15-8-9/h2-8H,1H3,(H2,14,15)(H,16,17). The highest BCUT2D eigenvalue weighted by atomic mass is 16.5. The molecule has 0 saturated heterocycles. The molecule has 0 atom stereocenters. The average molecular weight is 243 g/mol. The van der Waals surface area contributed by atoms with Gasteiger partial charge in [-0.3, -0.25) is 4.79 Å². The third kappa shape index (κ3) is 2.76. The van der Waals surface area contributed by atoms with Crippen LogP contribution in [0.2, 0.25) is 0 Å². The van der Waals surface area contributed by atoms with Gasteiger partial charge in [-0.2, -0.15) is 0 Å². The SMILES string of the molecule is COc1ccc(NC(=O)c2ccc(N)nc2)cc1. The summed E-state index contributed by atoms with van der Waals surface area (Å²) in [5.41, 5.74) is 6.61. The Hall–Kier alpha value is -2.56. The molecule has 0 aliphatic carbocycles. The Balaban J connectivity index is 2.08. The Labute approximate surface area is 105 Å². The van der Waals surface area contributed by atoms with Crippen molar-refractivity contribution in [1.82, 2.24) is 4.98 Å². The van der Waals surface area contributed by atoms with Crippen molar-refractivity contribution in [3.05, 3.63) is 48.2 Å². The molecular formula is C13H13N3O2.